The Kier molecular flexibility index (Phi) is 4.79. The van der Waals surface area contributed by atoms with Crippen LogP contribution in [0.3, 0.4) is 0 Å². The van der Waals surface area contributed by atoms with Crippen LogP contribution in [0.25, 0.3) is 6.08 Å². The summed E-state index contributed by atoms with van der Waals surface area (Å²) in [5.41, 5.74) is 1.01. The molecule has 4 nitrogen and oxygen atoms in total. The molecule has 128 valence electrons. The van der Waals surface area contributed by atoms with Gasteiger partial charge >= 0.3 is 0 Å². The number of hydrogen-bond donors (Lipinski definition) is 1. The van der Waals surface area contributed by atoms with Crippen LogP contribution < -0.4 is 0 Å². The van der Waals surface area contributed by atoms with Crippen LogP contribution >= 0.6 is 11.6 Å². The maximum absolute atomic E-state index is 11.8. The summed E-state index contributed by atoms with van der Waals surface area (Å²) >= 11 is 5.98. The first-order chi connectivity index (χ1) is 11.5. The average molecular weight is 346 g/mol. The second-order valence-electron chi connectivity index (χ2n) is 6.94. The molecular weight excluding hydrogens is 322 g/mol. The van der Waals surface area contributed by atoms with Gasteiger partial charge in [0.2, 0.25) is 0 Å². The molecule has 2 atom stereocenters. The highest BCUT2D eigenvalue weighted by Gasteiger charge is 2.50. The van der Waals surface area contributed by atoms with E-state index >= 15 is 0 Å². The lowest BCUT2D eigenvalue weighted by Crippen LogP contribution is -2.53. The first-order valence-corrected chi connectivity index (χ1v) is 8.86. The number of nitrogens with zero attached hydrogens (tertiary/aromatic N) is 3. The molecule has 1 aromatic carbocycles. The Bertz CT molecular complexity index is 711. The molecule has 0 radical (unpaired) electrons. The van der Waals surface area contributed by atoms with Gasteiger partial charge in [-0.15, -0.1) is 0 Å². The highest BCUT2D eigenvalue weighted by Crippen LogP contribution is 2.50. The van der Waals surface area contributed by atoms with Crippen molar-refractivity contribution in [2.24, 2.45) is 5.41 Å². The van der Waals surface area contributed by atoms with Crippen molar-refractivity contribution >= 4 is 17.7 Å². The van der Waals surface area contributed by atoms with Gasteiger partial charge < -0.3 is 5.11 Å². The van der Waals surface area contributed by atoms with Gasteiger partial charge in [-0.3, -0.25) is 0 Å². The van der Waals surface area contributed by atoms with Crippen LogP contribution in [0.2, 0.25) is 5.02 Å². The lowest BCUT2D eigenvalue weighted by Gasteiger charge is -2.50. The smallest absolute Gasteiger partial charge is 0.137 e. The van der Waals surface area contributed by atoms with Crippen molar-refractivity contribution in [2.45, 2.75) is 51.7 Å². The van der Waals surface area contributed by atoms with E-state index in [2.05, 4.69) is 30.0 Å². The second-order valence-corrected chi connectivity index (χ2v) is 7.38. The molecular formula is C19H24ClN3O. The Morgan fingerprint density at radius 1 is 1.33 bits per heavy atom. The van der Waals surface area contributed by atoms with Crippen molar-refractivity contribution in [3.63, 3.8) is 0 Å². The minimum atomic E-state index is -0.937. The summed E-state index contributed by atoms with van der Waals surface area (Å²) in [6.07, 6.45) is 9.19. The van der Waals surface area contributed by atoms with Crippen LogP contribution in [0.4, 0.5) is 0 Å². The first-order valence-electron chi connectivity index (χ1n) is 8.48. The van der Waals surface area contributed by atoms with E-state index in [1.54, 1.807) is 11.0 Å². The van der Waals surface area contributed by atoms with Crippen molar-refractivity contribution in [1.82, 2.24) is 14.8 Å². The van der Waals surface area contributed by atoms with E-state index in [1.165, 1.54) is 6.33 Å². The van der Waals surface area contributed by atoms with Gasteiger partial charge in [-0.25, -0.2) is 9.67 Å². The number of benzene rings is 1. The maximum atomic E-state index is 11.8. The third kappa shape index (κ3) is 3.13. The molecule has 1 aromatic heterocycles. The van der Waals surface area contributed by atoms with Crippen molar-refractivity contribution in [2.75, 3.05) is 0 Å². The predicted molar refractivity (Wildman–Crippen MR) is 96.6 cm³/mol. The highest BCUT2D eigenvalue weighted by molar-refractivity contribution is 6.30. The quantitative estimate of drug-likeness (QED) is 0.896. The van der Waals surface area contributed by atoms with Crippen LogP contribution in [0.1, 0.15) is 45.1 Å². The topological polar surface area (TPSA) is 50.9 Å². The number of halogens is 1. The fraction of sp³-hybridized carbons (Fsp3) is 0.474. The zero-order valence-corrected chi connectivity index (χ0v) is 15.0. The third-order valence-electron chi connectivity index (χ3n) is 5.55. The Labute approximate surface area is 148 Å². The third-order valence-corrected chi connectivity index (χ3v) is 5.80. The molecule has 5 heteroatoms. The van der Waals surface area contributed by atoms with Gasteiger partial charge in [-0.05, 0) is 49.0 Å². The van der Waals surface area contributed by atoms with E-state index in [-0.39, 0.29) is 5.41 Å². The Hall–Kier alpha value is -1.65. The summed E-state index contributed by atoms with van der Waals surface area (Å²) in [6.45, 7) is 4.76. The van der Waals surface area contributed by atoms with Crippen LogP contribution in [0.5, 0.6) is 0 Å². The summed E-state index contributed by atoms with van der Waals surface area (Å²) in [5.74, 6) is 0. The van der Waals surface area contributed by atoms with Gasteiger partial charge in [0.25, 0.3) is 0 Å². The monoisotopic (exact) mass is 345 g/mol. The highest BCUT2D eigenvalue weighted by atomic mass is 35.5. The predicted octanol–water partition coefficient (Wildman–Crippen LogP) is 4.35. The van der Waals surface area contributed by atoms with Gasteiger partial charge in [0.15, 0.2) is 0 Å². The van der Waals surface area contributed by atoms with Gasteiger partial charge in [0, 0.05) is 10.4 Å². The standard InChI is InChI=1S/C19H24ClN3O/c1-3-18(2)10-4-5-16(11-15-6-8-17(20)9-7-15)19(18,24)12-23-14-21-13-22-23/h6-9,11,13-14,24H,3-5,10,12H2,1-2H3. The molecule has 0 aliphatic heterocycles. The largest absolute Gasteiger partial charge is 0.383 e. The molecule has 2 aromatic rings. The van der Waals surface area contributed by atoms with Crippen LogP contribution in [-0.2, 0) is 6.54 Å². The fourth-order valence-electron chi connectivity index (χ4n) is 3.73. The molecule has 0 saturated heterocycles. The Morgan fingerprint density at radius 3 is 2.71 bits per heavy atom. The minimum Gasteiger partial charge on any atom is -0.383 e. The zero-order valence-electron chi connectivity index (χ0n) is 14.2. The summed E-state index contributed by atoms with van der Waals surface area (Å²) in [5, 5.41) is 16.7. The summed E-state index contributed by atoms with van der Waals surface area (Å²) in [4.78, 5) is 4.02. The van der Waals surface area contributed by atoms with Crippen molar-refractivity contribution in [3.8, 4) is 0 Å². The van der Waals surface area contributed by atoms with Gasteiger partial charge in [0.05, 0.1) is 6.54 Å². The molecule has 1 saturated carbocycles. The summed E-state index contributed by atoms with van der Waals surface area (Å²) in [6, 6.07) is 7.74. The van der Waals surface area contributed by atoms with Crippen LogP contribution in [0.15, 0.2) is 42.5 Å². The lowest BCUT2D eigenvalue weighted by molar-refractivity contribution is -0.0813. The molecule has 1 heterocycles. The van der Waals surface area contributed by atoms with Crippen LogP contribution in [0, 0.1) is 5.41 Å². The summed E-state index contributed by atoms with van der Waals surface area (Å²) < 4.78 is 1.73. The molecule has 24 heavy (non-hydrogen) atoms. The Morgan fingerprint density at radius 2 is 2.08 bits per heavy atom. The minimum absolute atomic E-state index is 0.185. The molecule has 3 rings (SSSR count). The van der Waals surface area contributed by atoms with E-state index in [1.807, 2.05) is 24.3 Å². The molecule has 0 amide bonds. The average Bonchev–Trinajstić information content (AvgIpc) is 3.07. The number of aromatic nitrogens is 3. The molecule has 1 aliphatic rings. The molecule has 1 fully saturated rings. The van der Waals surface area contributed by atoms with E-state index in [9.17, 15) is 5.11 Å². The number of hydrogen-bond acceptors (Lipinski definition) is 3. The molecule has 1 aliphatic carbocycles. The molecule has 2 unspecified atom stereocenters. The Balaban J connectivity index is 2.02. The normalized spacial score (nSPS) is 29.1. The number of aliphatic hydroxyl groups is 1. The van der Waals surface area contributed by atoms with Crippen LogP contribution in [-0.4, -0.2) is 25.5 Å². The zero-order chi connectivity index (χ0) is 17.2. The van der Waals surface area contributed by atoms with Gasteiger partial charge in [-0.1, -0.05) is 43.7 Å². The molecule has 0 spiro atoms. The molecule has 0 bridgehead atoms. The SMILES string of the molecule is CCC1(C)CCCC(=Cc2ccc(Cl)cc2)C1(O)Cn1cncn1. The lowest BCUT2D eigenvalue weighted by atomic mass is 9.60. The summed E-state index contributed by atoms with van der Waals surface area (Å²) in [7, 11) is 0. The van der Waals surface area contributed by atoms with E-state index < -0.39 is 5.60 Å². The van der Waals surface area contributed by atoms with E-state index in [0.717, 1.165) is 41.8 Å². The molecule has 1 N–H and O–H groups in total. The van der Waals surface area contributed by atoms with Crippen molar-refractivity contribution in [3.05, 3.63) is 53.1 Å². The van der Waals surface area contributed by atoms with E-state index in [4.69, 9.17) is 11.6 Å². The van der Waals surface area contributed by atoms with Gasteiger partial charge in [-0.2, -0.15) is 5.10 Å². The van der Waals surface area contributed by atoms with Crippen molar-refractivity contribution < 1.29 is 5.11 Å². The number of rotatable bonds is 4. The van der Waals surface area contributed by atoms with E-state index in [0.29, 0.717) is 6.54 Å². The fourth-order valence-corrected chi connectivity index (χ4v) is 3.86. The maximum Gasteiger partial charge on any atom is 0.137 e. The first kappa shape index (κ1) is 17.2. The second kappa shape index (κ2) is 6.69. The van der Waals surface area contributed by atoms with Gasteiger partial charge in [0.1, 0.15) is 18.3 Å². The van der Waals surface area contributed by atoms with Crippen molar-refractivity contribution in [1.29, 1.82) is 0 Å².